The third kappa shape index (κ3) is 6.74. The Morgan fingerprint density at radius 1 is 1.19 bits per heavy atom. The van der Waals surface area contributed by atoms with Gasteiger partial charge in [-0.3, -0.25) is 4.79 Å². The quantitative estimate of drug-likeness (QED) is 0.709. The highest BCUT2D eigenvalue weighted by molar-refractivity contribution is 6.32. The van der Waals surface area contributed by atoms with Crippen molar-refractivity contribution in [1.29, 1.82) is 0 Å². The zero-order chi connectivity index (χ0) is 22.4. The highest BCUT2D eigenvalue weighted by Crippen LogP contribution is 2.25. The number of aromatic nitrogens is 1. The van der Waals surface area contributed by atoms with E-state index < -0.39 is 24.6 Å². The van der Waals surface area contributed by atoms with Gasteiger partial charge in [-0.05, 0) is 31.0 Å². The van der Waals surface area contributed by atoms with E-state index in [1.54, 1.807) is 17.0 Å². The Hall–Kier alpha value is -3.01. The van der Waals surface area contributed by atoms with Crippen LogP contribution in [-0.4, -0.2) is 53.7 Å². The van der Waals surface area contributed by atoms with Gasteiger partial charge in [0.15, 0.2) is 6.61 Å². The first kappa shape index (κ1) is 22.7. The lowest BCUT2D eigenvalue weighted by atomic mass is 10.0. The molecule has 11 heteroatoms. The Bertz CT molecular complexity index is 920. The third-order valence-electron chi connectivity index (χ3n) is 4.58. The summed E-state index contributed by atoms with van der Waals surface area (Å²) in [6.07, 6.45) is -2.30. The zero-order valence-electron chi connectivity index (χ0n) is 16.3. The molecule has 2 heterocycles. The summed E-state index contributed by atoms with van der Waals surface area (Å²) in [5.74, 6) is -0.850. The molecule has 0 saturated carbocycles. The van der Waals surface area contributed by atoms with E-state index in [4.69, 9.17) is 11.6 Å². The van der Waals surface area contributed by atoms with Crippen LogP contribution in [0.3, 0.4) is 0 Å². The maximum absolute atomic E-state index is 12.4. The van der Waals surface area contributed by atoms with Crippen molar-refractivity contribution in [3.8, 4) is 5.88 Å². The van der Waals surface area contributed by atoms with E-state index in [2.05, 4.69) is 20.4 Å². The van der Waals surface area contributed by atoms with Gasteiger partial charge < -0.3 is 20.3 Å². The van der Waals surface area contributed by atoms with Crippen LogP contribution < -0.4 is 15.4 Å². The highest BCUT2D eigenvalue weighted by Gasteiger charge is 2.29. The van der Waals surface area contributed by atoms with Crippen LogP contribution >= 0.6 is 11.6 Å². The number of nitrogens with one attached hydrogen (secondary N) is 2. The van der Waals surface area contributed by atoms with Crippen molar-refractivity contribution in [1.82, 2.24) is 15.2 Å². The number of alkyl halides is 3. The number of hydrogen-bond donors (Lipinski definition) is 2. The van der Waals surface area contributed by atoms with Crippen LogP contribution in [0.2, 0.25) is 5.02 Å². The lowest BCUT2D eigenvalue weighted by Crippen LogP contribution is -2.47. The SMILES string of the molecule is O=C(NC1CCN(C(=O)Nc2ccccc2)CC1)c1cnc(OCC(F)(F)F)c(Cl)c1. The minimum atomic E-state index is -4.52. The molecule has 0 radical (unpaired) electrons. The molecule has 0 bridgehead atoms. The Balaban J connectivity index is 1.48. The largest absolute Gasteiger partial charge is 0.467 e. The van der Waals surface area contributed by atoms with Gasteiger partial charge >= 0.3 is 12.2 Å². The molecule has 1 aliphatic heterocycles. The number of halogens is 4. The summed E-state index contributed by atoms with van der Waals surface area (Å²) in [7, 11) is 0. The Labute approximate surface area is 181 Å². The maximum Gasteiger partial charge on any atom is 0.422 e. The third-order valence-corrected chi connectivity index (χ3v) is 4.86. The molecule has 2 aromatic rings. The molecule has 1 aliphatic rings. The molecule has 0 aliphatic carbocycles. The highest BCUT2D eigenvalue weighted by atomic mass is 35.5. The van der Waals surface area contributed by atoms with Crippen molar-refractivity contribution in [3.63, 3.8) is 0 Å². The number of rotatable bonds is 5. The first-order chi connectivity index (χ1) is 14.7. The van der Waals surface area contributed by atoms with Crippen molar-refractivity contribution >= 4 is 29.2 Å². The molecule has 3 amide bonds. The molecule has 1 saturated heterocycles. The number of ether oxygens (including phenoxy) is 1. The molecule has 1 aromatic heterocycles. The number of anilines is 1. The van der Waals surface area contributed by atoms with Gasteiger partial charge in [0, 0.05) is 31.0 Å². The van der Waals surface area contributed by atoms with Gasteiger partial charge in [-0.2, -0.15) is 13.2 Å². The zero-order valence-corrected chi connectivity index (χ0v) is 17.0. The second-order valence-electron chi connectivity index (χ2n) is 6.95. The lowest BCUT2D eigenvalue weighted by molar-refractivity contribution is -0.154. The van der Waals surface area contributed by atoms with Gasteiger partial charge in [0.2, 0.25) is 5.88 Å². The number of para-hydroxylation sites is 1. The molecular weight excluding hydrogens is 437 g/mol. The molecule has 3 rings (SSSR count). The number of amides is 3. The first-order valence-electron chi connectivity index (χ1n) is 9.48. The standard InChI is InChI=1S/C20H20ClF3N4O3/c21-16-10-13(11-25-18(16)31-12-20(22,23)24)17(29)26-15-6-8-28(9-7-15)19(30)27-14-4-2-1-3-5-14/h1-5,10-11,15H,6-9,12H2,(H,26,29)(H,27,30). The summed E-state index contributed by atoms with van der Waals surface area (Å²) in [5, 5.41) is 5.46. The number of piperidine rings is 1. The van der Waals surface area contributed by atoms with Crippen LogP contribution in [0.4, 0.5) is 23.7 Å². The van der Waals surface area contributed by atoms with E-state index in [-0.39, 0.29) is 22.7 Å². The summed E-state index contributed by atoms with van der Waals surface area (Å²) in [5.41, 5.74) is 0.809. The summed E-state index contributed by atoms with van der Waals surface area (Å²) in [6, 6.07) is 9.94. The van der Waals surface area contributed by atoms with E-state index in [1.165, 1.54) is 6.07 Å². The van der Waals surface area contributed by atoms with E-state index in [0.717, 1.165) is 6.20 Å². The molecule has 0 spiro atoms. The first-order valence-corrected chi connectivity index (χ1v) is 9.86. The van der Waals surface area contributed by atoms with E-state index in [1.807, 2.05) is 18.2 Å². The van der Waals surface area contributed by atoms with E-state index >= 15 is 0 Å². The van der Waals surface area contributed by atoms with Gasteiger partial charge in [0.1, 0.15) is 5.02 Å². The van der Waals surface area contributed by atoms with Crippen molar-refractivity contribution in [2.24, 2.45) is 0 Å². The molecule has 1 fully saturated rings. The Morgan fingerprint density at radius 2 is 1.87 bits per heavy atom. The number of nitrogens with zero attached hydrogens (tertiary/aromatic N) is 2. The minimum Gasteiger partial charge on any atom is -0.467 e. The number of urea groups is 1. The van der Waals surface area contributed by atoms with Crippen LogP contribution in [-0.2, 0) is 0 Å². The van der Waals surface area contributed by atoms with Crippen LogP contribution in [0, 0.1) is 0 Å². The number of benzene rings is 1. The van der Waals surface area contributed by atoms with Gasteiger partial charge in [0.05, 0.1) is 5.56 Å². The Morgan fingerprint density at radius 3 is 2.48 bits per heavy atom. The molecule has 0 atom stereocenters. The maximum atomic E-state index is 12.4. The van der Waals surface area contributed by atoms with Gasteiger partial charge in [0.25, 0.3) is 5.91 Å². The smallest absolute Gasteiger partial charge is 0.422 e. The number of carbonyl (C=O) groups is 2. The predicted octanol–water partition coefficient (Wildman–Crippen LogP) is 4.10. The van der Waals surface area contributed by atoms with Crippen LogP contribution in [0.15, 0.2) is 42.6 Å². The number of likely N-dealkylation sites (tertiary alicyclic amines) is 1. The predicted molar refractivity (Wildman–Crippen MR) is 108 cm³/mol. The fraction of sp³-hybridized carbons (Fsp3) is 0.350. The molecule has 2 N–H and O–H groups in total. The molecule has 0 unspecified atom stereocenters. The summed E-state index contributed by atoms with van der Waals surface area (Å²) >= 11 is 5.88. The van der Waals surface area contributed by atoms with E-state index in [0.29, 0.717) is 31.6 Å². The second kappa shape index (κ2) is 9.86. The monoisotopic (exact) mass is 456 g/mol. The molecule has 7 nitrogen and oxygen atoms in total. The lowest BCUT2D eigenvalue weighted by Gasteiger charge is -2.32. The second-order valence-corrected chi connectivity index (χ2v) is 7.35. The number of pyridine rings is 1. The van der Waals surface area contributed by atoms with Crippen LogP contribution in [0.25, 0.3) is 0 Å². The summed E-state index contributed by atoms with van der Waals surface area (Å²) in [4.78, 5) is 30.1. The number of hydrogen-bond acceptors (Lipinski definition) is 4. The number of carbonyl (C=O) groups excluding carboxylic acids is 2. The van der Waals surface area contributed by atoms with Crippen molar-refractivity contribution < 1.29 is 27.5 Å². The van der Waals surface area contributed by atoms with Crippen molar-refractivity contribution in [3.05, 3.63) is 53.2 Å². The Kier molecular flexibility index (Phi) is 7.21. The van der Waals surface area contributed by atoms with Gasteiger partial charge in [-0.1, -0.05) is 29.8 Å². The normalized spacial score (nSPS) is 14.8. The van der Waals surface area contributed by atoms with Crippen molar-refractivity contribution in [2.75, 3.05) is 25.0 Å². The van der Waals surface area contributed by atoms with Crippen LogP contribution in [0.5, 0.6) is 5.88 Å². The molecule has 31 heavy (non-hydrogen) atoms. The van der Waals surface area contributed by atoms with E-state index in [9.17, 15) is 22.8 Å². The molecule has 166 valence electrons. The summed E-state index contributed by atoms with van der Waals surface area (Å²) < 4.78 is 41.2. The average molecular weight is 457 g/mol. The average Bonchev–Trinajstić information content (AvgIpc) is 2.73. The summed E-state index contributed by atoms with van der Waals surface area (Å²) in [6.45, 7) is -0.596. The fourth-order valence-corrected chi connectivity index (χ4v) is 3.25. The fourth-order valence-electron chi connectivity index (χ4n) is 3.03. The van der Waals surface area contributed by atoms with Gasteiger partial charge in [-0.15, -0.1) is 0 Å². The topological polar surface area (TPSA) is 83.6 Å². The van der Waals surface area contributed by atoms with Crippen molar-refractivity contribution in [2.45, 2.75) is 25.1 Å². The minimum absolute atomic E-state index is 0.105. The van der Waals surface area contributed by atoms with Crippen LogP contribution in [0.1, 0.15) is 23.2 Å². The molecular formula is C20H20ClF3N4O3. The van der Waals surface area contributed by atoms with Gasteiger partial charge in [-0.25, -0.2) is 9.78 Å². The molecule has 1 aromatic carbocycles.